The Hall–Kier alpha value is -4.19. The standard InChI is InChI=1S/C26H30N4O7S/c1-15-10-16(12-18(11-15)37-21-8-9-27-23(29-21)25(32)36-6)24(31)28-19-13-17(26(2,3)4)14-20(22(19)35-5)30-38(7,33)34/h8-14,30H,1-7H3,(H,28,31). The smallest absolute Gasteiger partial charge is 0.376 e. The van der Waals surface area contributed by atoms with Crippen LogP contribution in [0.1, 0.15) is 52.9 Å². The predicted molar refractivity (Wildman–Crippen MR) is 143 cm³/mol. The van der Waals surface area contributed by atoms with E-state index in [-0.39, 0.29) is 34.1 Å². The van der Waals surface area contributed by atoms with Crippen LogP contribution in [-0.2, 0) is 20.2 Å². The van der Waals surface area contributed by atoms with Crippen molar-refractivity contribution in [2.24, 2.45) is 0 Å². The number of ether oxygens (including phenoxy) is 3. The monoisotopic (exact) mass is 542 g/mol. The Morgan fingerprint density at radius 1 is 1.00 bits per heavy atom. The summed E-state index contributed by atoms with van der Waals surface area (Å²) >= 11 is 0. The number of amides is 1. The van der Waals surface area contributed by atoms with Gasteiger partial charge in [-0.2, -0.15) is 4.98 Å². The first-order chi connectivity index (χ1) is 17.7. The number of hydrogen-bond acceptors (Lipinski definition) is 9. The first-order valence-electron chi connectivity index (χ1n) is 11.4. The van der Waals surface area contributed by atoms with Crippen molar-refractivity contribution in [3.05, 3.63) is 65.1 Å². The molecule has 0 saturated heterocycles. The van der Waals surface area contributed by atoms with Crippen LogP contribution in [0.3, 0.4) is 0 Å². The third kappa shape index (κ3) is 7.19. The molecule has 3 aromatic rings. The highest BCUT2D eigenvalue weighted by Gasteiger charge is 2.23. The van der Waals surface area contributed by atoms with E-state index in [0.717, 1.165) is 17.4 Å². The largest absolute Gasteiger partial charge is 0.492 e. The highest BCUT2D eigenvalue weighted by atomic mass is 32.2. The maximum Gasteiger partial charge on any atom is 0.376 e. The van der Waals surface area contributed by atoms with Gasteiger partial charge in [-0.05, 0) is 53.8 Å². The van der Waals surface area contributed by atoms with E-state index in [9.17, 15) is 18.0 Å². The number of anilines is 2. The zero-order valence-corrected chi connectivity index (χ0v) is 23.0. The van der Waals surface area contributed by atoms with Gasteiger partial charge in [0.25, 0.3) is 5.91 Å². The van der Waals surface area contributed by atoms with Gasteiger partial charge in [0.05, 0.1) is 31.9 Å². The molecule has 0 unspecified atom stereocenters. The molecular weight excluding hydrogens is 512 g/mol. The fourth-order valence-corrected chi connectivity index (χ4v) is 4.04. The molecule has 0 fully saturated rings. The third-order valence-corrected chi connectivity index (χ3v) is 5.83. The Kier molecular flexibility index (Phi) is 8.25. The van der Waals surface area contributed by atoms with Gasteiger partial charge in [0.2, 0.25) is 21.7 Å². The molecule has 0 spiro atoms. The molecule has 2 aromatic carbocycles. The molecule has 1 aromatic heterocycles. The van der Waals surface area contributed by atoms with Crippen molar-refractivity contribution in [1.29, 1.82) is 0 Å². The number of sulfonamides is 1. The van der Waals surface area contributed by atoms with E-state index in [1.165, 1.54) is 32.5 Å². The molecule has 11 nitrogen and oxygen atoms in total. The molecule has 0 aliphatic heterocycles. The summed E-state index contributed by atoms with van der Waals surface area (Å²) < 4.78 is 42.3. The van der Waals surface area contributed by atoms with Crippen LogP contribution in [-0.4, -0.2) is 50.7 Å². The van der Waals surface area contributed by atoms with Crippen LogP contribution in [0.2, 0.25) is 0 Å². The van der Waals surface area contributed by atoms with Crippen molar-refractivity contribution in [2.75, 3.05) is 30.5 Å². The van der Waals surface area contributed by atoms with Gasteiger partial charge in [-0.15, -0.1) is 0 Å². The van der Waals surface area contributed by atoms with Crippen LogP contribution in [0.5, 0.6) is 17.4 Å². The van der Waals surface area contributed by atoms with Crippen molar-refractivity contribution in [1.82, 2.24) is 9.97 Å². The molecule has 0 bridgehead atoms. The number of aryl methyl sites for hydroxylation is 1. The average molecular weight is 543 g/mol. The lowest BCUT2D eigenvalue weighted by Crippen LogP contribution is -2.18. The fourth-order valence-electron chi connectivity index (χ4n) is 3.49. The van der Waals surface area contributed by atoms with Gasteiger partial charge in [0.15, 0.2) is 5.75 Å². The molecule has 0 aliphatic carbocycles. The lowest BCUT2D eigenvalue weighted by atomic mass is 9.86. The Bertz CT molecular complexity index is 1480. The highest BCUT2D eigenvalue weighted by molar-refractivity contribution is 7.92. The number of esters is 1. The van der Waals surface area contributed by atoms with Crippen molar-refractivity contribution >= 4 is 33.3 Å². The van der Waals surface area contributed by atoms with Gasteiger partial charge in [-0.1, -0.05) is 20.8 Å². The van der Waals surface area contributed by atoms with Crippen molar-refractivity contribution in [3.63, 3.8) is 0 Å². The number of nitrogens with zero attached hydrogens (tertiary/aromatic N) is 2. The number of methoxy groups -OCH3 is 2. The lowest BCUT2D eigenvalue weighted by molar-refractivity contribution is 0.0585. The maximum absolute atomic E-state index is 13.3. The minimum absolute atomic E-state index is 0.0911. The van der Waals surface area contributed by atoms with E-state index in [0.29, 0.717) is 11.4 Å². The Morgan fingerprint density at radius 3 is 2.29 bits per heavy atom. The molecule has 1 heterocycles. The second-order valence-electron chi connectivity index (χ2n) is 9.53. The van der Waals surface area contributed by atoms with Gasteiger partial charge in [0, 0.05) is 17.8 Å². The normalized spacial score (nSPS) is 11.4. The molecule has 2 N–H and O–H groups in total. The summed E-state index contributed by atoms with van der Waals surface area (Å²) in [5, 5.41) is 2.83. The molecule has 0 saturated carbocycles. The summed E-state index contributed by atoms with van der Waals surface area (Å²) in [4.78, 5) is 32.9. The van der Waals surface area contributed by atoms with Crippen LogP contribution in [0.4, 0.5) is 11.4 Å². The molecule has 38 heavy (non-hydrogen) atoms. The SMILES string of the molecule is COC(=O)c1nccc(Oc2cc(C)cc(C(=O)Nc3cc(C(C)(C)C)cc(NS(C)(=O)=O)c3OC)c2)n1. The number of carbonyl (C=O) groups excluding carboxylic acids is 2. The number of nitrogens with one attached hydrogen (secondary N) is 2. The van der Waals surface area contributed by atoms with Gasteiger partial charge < -0.3 is 19.5 Å². The molecule has 0 radical (unpaired) electrons. The molecule has 3 rings (SSSR count). The Labute approximate surface area is 221 Å². The number of aromatic nitrogens is 2. The van der Waals surface area contributed by atoms with E-state index in [1.54, 1.807) is 31.2 Å². The van der Waals surface area contributed by atoms with Crippen molar-refractivity contribution in [3.8, 4) is 17.4 Å². The fraction of sp³-hybridized carbons (Fsp3) is 0.308. The number of hydrogen-bond donors (Lipinski definition) is 2. The van der Waals surface area contributed by atoms with E-state index in [1.807, 2.05) is 20.8 Å². The van der Waals surface area contributed by atoms with Crippen LogP contribution in [0.25, 0.3) is 0 Å². The zero-order chi connectivity index (χ0) is 28.3. The van der Waals surface area contributed by atoms with Crippen molar-refractivity contribution < 1.29 is 32.2 Å². The van der Waals surface area contributed by atoms with Gasteiger partial charge >= 0.3 is 5.97 Å². The summed E-state index contributed by atoms with van der Waals surface area (Å²) in [7, 11) is -1.01. The third-order valence-electron chi connectivity index (χ3n) is 5.24. The summed E-state index contributed by atoms with van der Waals surface area (Å²) in [6, 6.07) is 9.76. The molecular formula is C26H30N4O7S. The average Bonchev–Trinajstić information content (AvgIpc) is 2.81. The Morgan fingerprint density at radius 2 is 1.68 bits per heavy atom. The number of benzene rings is 2. The van der Waals surface area contributed by atoms with Gasteiger partial charge in [-0.3, -0.25) is 9.52 Å². The molecule has 1 amide bonds. The summed E-state index contributed by atoms with van der Waals surface area (Å²) in [5.74, 6) is -0.799. The van der Waals surface area contributed by atoms with E-state index in [4.69, 9.17) is 9.47 Å². The first kappa shape index (κ1) is 28.4. The second-order valence-corrected chi connectivity index (χ2v) is 11.3. The van der Waals surface area contributed by atoms with Gasteiger partial charge in [-0.25, -0.2) is 18.2 Å². The minimum Gasteiger partial charge on any atom is -0.492 e. The summed E-state index contributed by atoms with van der Waals surface area (Å²) in [6.07, 6.45) is 2.39. The molecule has 0 atom stereocenters. The van der Waals surface area contributed by atoms with Gasteiger partial charge in [0.1, 0.15) is 5.75 Å². The zero-order valence-electron chi connectivity index (χ0n) is 22.2. The second kappa shape index (κ2) is 11.1. The summed E-state index contributed by atoms with van der Waals surface area (Å²) in [5.41, 5.74) is 1.91. The van der Waals surface area contributed by atoms with E-state index < -0.39 is 21.9 Å². The lowest BCUT2D eigenvalue weighted by Gasteiger charge is -2.24. The molecule has 0 aliphatic rings. The van der Waals surface area contributed by atoms with E-state index >= 15 is 0 Å². The topological polar surface area (TPSA) is 146 Å². The van der Waals surface area contributed by atoms with Crippen LogP contribution >= 0.6 is 0 Å². The predicted octanol–water partition coefficient (Wildman–Crippen LogP) is 4.29. The van der Waals surface area contributed by atoms with Crippen molar-refractivity contribution in [2.45, 2.75) is 33.1 Å². The first-order valence-corrected chi connectivity index (χ1v) is 13.3. The quantitative estimate of drug-likeness (QED) is 0.398. The molecule has 12 heteroatoms. The van der Waals surface area contributed by atoms with Crippen LogP contribution < -0.4 is 19.5 Å². The van der Waals surface area contributed by atoms with Crippen LogP contribution in [0.15, 0.2) is 42.6 Å². The van der Waals surface area contributed by atoms with Crippen LogP contribution in [0, 0.1) is 6.92 Å². The summed E-state index contributed by atoms with van der Waals surface area (Å²) in [6.45, 7) is 7.69. The highest BCUT2D eigenvalue weighted by Crippen LogP contribution is 2.39. The molecule has 202 valence electrons. The Balaban J connectivity index is 1.97. The number of carbonyl (C=O) groups is 2. The van der Waals surface area contributed by atoms with E-state index in [2.05, 4.69) is 24.7 Å². The number of rotatable bonds is 8. The maximum atomic E-state index is 13.3. The minimum atomic E-state index is -3.62.